The van der Waals surface area contributed by atoms with E-state index in [1.165, 1.54) is 24.3 Å². The lowest BCUT2D eigenvalue weighted by atomic mass is 10.1. The highest BCUT2D eigenvalue weighted by molar-refractivity contribution is 5.80. The average molecular weight is 389 g/mol. The normalized spacial score (nSPS) is 11.7. The van der Waals surface area contributed by atoms with Crippen molar-refractivity contribution < 1.29 is 28.6 Å². The zero-order valence-corrected chi connectivity index (χ0v) is 15.9. The molecule has 0 saturated heterocycles. The summed E-state index contributed by atoms with van der Waals surface area (Å²) in [5.41, 5.74) is 0.778. The number of ether oxygens (including phenoxy) is 2. The molecule has 28 heavy (non-hydrogen) atoms. The fourth-order valence-electron chi connectivity index (χ4n) is 2.28. The monoisotopic (exact) mass is 389 g/mol. The van der Waals surface area contributed by atoms with Gasteiger partial charge in [-0.15, -0.1) is 0 Å². The molecule has 2 aromatic rings. The molecule has 0 bridgehead atoms. The Kier molecular flexibility index (Phi) is 7.80. The topological polar surface area (TPSA) is 84.9 Å². The Labute approximate surface area is 163 Å². The first-order valence-corrected chi connectivity index (χ1v) is 8.97. The molecule has 2 aromatic carbocycles. The molecule has 0 saturated carbocycles. The number of aliphatic carboxylic acids is 1. The fourth-order valence-corrected chi connectivity index (χ4v) is 2.28. The lowest BCUT2D eigenvalue weighted by molar-refractivity contribution is -0.145. The van der Waals surface area contributed by atoms with Gasteiger partial charge in [-0.3, -0.25) is 4.79 Å². The molecule has 1 unspecified atom stereocenters. The van der Waals surface area contributed by atoms with Crippen LogP contribution in [0.3, 0.4) is 0 Å². The third-order valence-corrected chi connectivity index (χ3v) is 3.72. The number of halogens is 1. The van der Waals surface area contributed by atoms with Crippen molar-refractivity contribution in [3.8, 4) is 11.5 Å². The van der Waals surface area contributed by atoms with Crippen molar-refractivity contribution in [2.45, 2.75) is 26.4 Å². The van der Waals surface area contributed by atoms with Crippen LogP contribution in [0.1, 0.15) is 19.4 Å². The van der Waals surface area contributed by atoms with Crippen LogP contribution in [0, 0.1) is 11.7 Å². The summed E-state index contributed by atoms with van der Waals surface area (Å²) in [5, 5.41) is 11.8. The molecule has 6 nitrogen and oxygen atoms in total. The molecule has 0 spiro atoms. The SMILES string of the molecule is CC(C)COc1ccc(CC(=O)NCC(Oc2ccc(F)cc2)C(=O)O)cc1. The first kappa shape index (κ1) is 21.2. The molecule has 0 aliphatic heterocycles. The minimum atomic E-state index is -1.28. The number of carboxylic acid groups (broad SMARTS) is 1. The number of carboxylic acids is 1. The molecule has 1 atom stereocenters. The highest BCUT2D eigenvalue weighted by Gasteiger charge is 2.20. The van der Waals surface area contributed by atoms with Crippen molar-refractivity contribution in [1.82, 2.24) is 5.32 Å². The molecule has 7 heteroatoms. The second-order valence-electron chi connectivity index (χ2n) is 6.73. The Bertz CT molecular complexity index is 774. The summed E-state index contributed by atoms with van der Waals surface area (Å²) in [6.07, 6.45) is -1.17. The lowest BCUT2D eigenvalue weighted by Crippen LogP contribution is -2.40. The number of carbonyl (C=O) groups excluding carboxylic acids is 1. The molecule has 150 valence electrons. The quantitative estimate of drug-likeness (QED) is 0.652. The minimum absolute atomic E-state index is 0.105. The van der Waals surface area contributed by atoms with Crippen molar-refractivity contribution in [3.63, 3.8) is 0 Å². The molecule has 1 amide bonds. The summed E-state index contributed by atoms with van der Waals surface area (Å²) in [7, 11) is 0. The first-order valence-electron chi connectivity index (χ1n) is 8.97. The maximum absolute atomic E-state index is 12.9. The van der Waals surface area contributed by atoms with Gasteiger partial charge in [0, 0.05) is 0 Å². The zero-order valence-electron chi connectivity index (χ0n) is 15.9. The van der Waals surface area contributed by atoms with Gasteiger partial charge in [-0.25, -0.2) is 9.18 Å². The van der Waals surface area contributed by atoms with E-state index in [1.54, 1.807) is 24.3 Å². The molecular weight excluding hydrogens is 365 g/mol. The Morgan fingerprint density at radius 3 is 2.21 bits per heavy atom. The molecule has 2 rings (SSSR count). The number of benzene rings is 2. The van der Waals surface area contributed by atoms with Gasteiger partial charge in [-0.2, -0.15) is 0 Å². The van der Waals surface area contributed by atoms with E-state index in [1.807, 2.05) is 0 Å². The van der Waals surface area contributed by atoms with E-state index in [9.17, 15) is 19.1 Å². The zero-order chi connectivity index (χ0) is 20.5. The summed E-state index contributed by atoms with van der Waals surface area (Å²) in [5.74, 6) is -0.643. The van der Waals surface area contributed by atoms with Gasteiger partial charge in [0.25, 0.3) is 0 Å². The second kappa shape index (κ2) is 10.3. The summed E-state index contributed by atoms with van der Waals surface area (Å²) >= 11 is 0. The van der Waals surface area contributed by atoms with Crippen LogP contribution in [0.15, 0.2) is 48.5 Å². The fraction of sp³-hybridized carbons (Fsp3) is 0.333. The van der Waals surface area contributed by atoms with Gasteiger partial charge in [0.1, 0.15) is 17.3 Å². The predicted molar refractivity (Wildman–Crippen MR) is 102 cm³/mol. The average Bonchev–Trinajstić information content (AvgIpc) is 2.65. The van der Waals surface area contributed by atoms with Gasteiger partial charge < -0.3 is 19.9 Å². The maximum Gasteiger partial charge on any atom is 0.346 e. The standard InChI is InChI=1S/C21H24FNO5/c1-14(2)13-27-17-7-3-15(4-8-17)11-20(24)23-12-19(21(25)26)28-18-9-5-16(22)6-10-18/h3-10,14,19H,11-13H2,1-2H3,(H,23,24)(H,25,26). The third kappa shape index (κ3) is 7.26. The molecule has 2 N–H and O–H groups in total. The van der Waals surface area contributed by atoms with E-state index in [-0.39, 0.29) is 24.6 Å². The number of hydrogen-bond donors (Lipinski definition) is 2. The molecule has 0 aromatic heterocycles. The molecular formula is C21H24FNO5. The molecule has 0 heterocycles. The van der Waals surface area contributed by atoms with E-state index in [0.717, 1.165) is 11.3 Å². The Morgan fingerprint density at radius 1 is 1.04 bits per heavy atom. The number of hydrogen-bond acceptors (Lipinski definition) is 4. The van der Waals surface area contributed by atoms with Crippen molar-refractivity contribution in [2.24, 2.45) is 5.92 Å². The Balaban J connectivity index is 1.83. The molecule has 0 radical (unpaired) electrons. The smallest absolute Gasteiger partial charge is 0.346 e. The van der Waals surface area contributed by atoms with E-state index in [4.69, 9.17) is 9.47 Å². The van der Waals surface area contributed by atoms with Crippen molar-refractivity contribution in [2.75, 3.05) is 13.2 Å². The number of nitrogens with one attached hydrogen (secondary N) is 1. The van der Waals surface area contributed by atoms with Gasteiger partial charge in [-0.1, -0.05) is 26.0 Å². The van der Waals surface area contributed by atoms with Crippen LogP contribution in [-0.4, -0.2) is 36.2 Å². The van der Waals surface area contributed by atoms with Crippen molar-refractivity contribution in [1.29, 1.82) is 0 Å². The van der Waals surface area contributed by atoms with Crippen LogP contribution in [0.4, 0.5) is 4.39 Å². The molecule has 0 aliphatic carbocycles. The van der Waals surface area contributed by atoms with Gasteiger partial charge in [0.15, 0.2) is 0 Å². The van der Waals surface area contributed by atoms with Gasteiger partial charge in [-0.05, 0) is 47.9 Å². The van der Waals surface area contributed by atoms with E-state index in [2.05, 4.69) is 19.2 Å². The number of amides is 1. The highest BCUT2D eigenvalue weighted by Crippen LogP contribution is 2.14. The van der Waals surface area contributed by atoms with Crippen LogP contribution in [0.5, 0.6) is 11.5 Å². The maximum atomic E-state index is 12.9. The summed E-state index contributed by atoms with van der Waals surface area (Å²) in [6, 6.07) is 12.2. The predicted octanol–water partition coefficient (Wildman–Crippen LogP) is 3.05. The summed E-state index contributed by atoms with van der Waals surface area (Å²) in [6.45, 7) is 4.53. The summed E-state index contributed by atoms with van der Waals surface area (Å²) < 4.78 is 23.8. The third-order valence-electron chi connectivity index (χ3n) is 3.72. The minimum Gasteiger partial charge on any atom is -0.493 e. The van der Waals surface area contributed by atoms with Crippen LogP contribution < -0.4 is 14.8 Å². The Morgan fingerprint density at radius 2 is 1.64 bits per heavy atom. The Hall–Kier alpha value is -3.09. The second-order valence-corrected chi connectivity index (χ2v) is 6.73. The summed E-state index contributed by atoms with van der Waals surface area (Å²) in [4.78, 5) is 23.4. The molecule has 0 fully saturated rings. The van der Waals surface area contributed by atoms with Crippen LogP contribution >= 0.6 is 0 Å². The van der Waals surface area contributed by atoms with E-state index < -0.39 is 17.9 Å². The van der Waals surface area contributed by atoms with Crippen LogP contribution in [0.25, 0.3) is 0 Å². The van der Waals surface area contributed by atoms with E-state index >= 15 is 0 Å². The van der Waals surface area contributed by atoms with Gasteiger partial charge in [0.05, 0.1) is 19.6 Å². The van der Waals surface area contributed by atoms with E-state index in [0.29, 0.717) is 12.5 Å². The number of carbonyl (C=O) groups is 2. The lowest BCUT2D eigenvalue weighted by Gasteiger charge is -2.16. The van der Waals surface area contributed by atoms with Gasteiger partial charge >= 0.3 is 5.97 Å². The van der Waals surface area contributed by atoms with Gasteiger partial charge in [0.2, 0.25) is 12.0 Å². The highest BCUT2D eigenvalue weighted by atomic mass is 19.1. The molecule has 0 aliphatic rings. The van der Waals surface area contributed by atoms with Crippen LogP contribution in [0.2, 0.25) is 0 Å². The van der Waals surface area contributed by atoms with Crippen molar-refractivity contribution in [3.05, 3.63) is 59.9 Å². The van der Waals surface area contributed by atoms with Crippen LogP contribution in [-0.2, 0) is 16.0 Å². The largest absolute Gasteiger partial charge is 0.493 e. The van der Waals surface area contributed by atoms with Crippen molar-refractivity contribution >= 4 is 11.9 Å². The number of rotatable bonds is 10. The first-order chi connectivity index (χ1) is 13.3.